The first-order valence-corrected chi connectivity index (χ1v) is 13.6. The number of ether oxygens (including phenoxy) is 1. The van der Waals surface area contributed by atoms with Crippen molar-refractivity contribution in [3.63, 3.8) is 0 Å². The van der Waals surface area contributed by atoms with Gasteiger partial charge in [0.05, 0.1) is 12.0 Å². The summed E-state index contributed by atoms with van der Waals surface area (Å²) in [5, 5.41) is 5.16. The van der Waals surface area contributed by atoms with Crippen molar-refractivity contribution >= 4 is 29.0 Å². The molecule has 1 fully saturated rings. The topological polar surface area (TPSA) is 51.1 Å². The molecular formula is C31H37ClN2O3. The highest BCUT2D eigenvalue weighted by atomic mass is 35.5. The third-order valence-corrected chi connectivity index (χ3v) is 7.45. The minimum atomic E-state index is -0.366. The largest absolute Gasteiger partial charge is 0.466 e. The number of oxime groups is 1. The molecule has 0 unspecified atom stereocenters. The monoisotopic (exact) mass is 520 g/mol. The zero-order chi connectivity index (χ0) is 26.4. The van der Waals surface area contributed by atoms with Crippen LogP contribution in [0.2, 0.25) is 5.02 Å². The van der Waals surface area contributed by atoms with Crippen LogP contribution in [0.4, 0.5) is 0 Å². The molecule has 2 aliphatic heterocycles. The average Bonchev–Trinajstić information content (AvgIpc) is 3.14. The number of halogens is 1. The molecule has 37 heavy (non-hydrogen) atoms. The van der Waals surface area contributed by atoms with Crippen LogP contribution in [-0.2, 0) is 27.3 Å². The van der Waals surface area contributed by atoms with Gasteiger partial charge < -0.3 is 9.57 Å². The van der Waals surface area contributed by atoms with Gasteiger partial charge >= 0.3 is 5.97 Å². The van der Waals surface area contributed by atoms with Crippen molar-refractivity contribution in [2.24, 2.45) is 16.5 Å². The highest BCUT2D eigenvalue weighted by molar-refractivity contribution is 6.31. The van der Waals surface area contributed by atoms with Crippen LogP contribution in [0.15, 0.2) is 65.8 Å². The number of benzene rings is 2. The van der Waals surface area contributed by atoms with Gasteiger partial charge in [-0.05, 0) is 81.5 Å². The molecule has 0 radical (unpaired) electrons. The Bertz CT molecular complexity index is 1190. The molecular weight excluding hydrogens is 484 g/mol. The highest BCUT2D eigenvalue weighted by Gasteiger charge is 2.38. The molecule has 0 aromatic heterocycles. The summed E-state index contributed by atoms with van der Waals surface area (Å²) in [5.41, 5.74) is 4.68. The number of carbonyl (C=O) groups is 1. The summed E-state index contributed by atoms with van der Waals surface area (Å²) in [5.74, 6) is 1.15. The number of likely N-dealkylation sites (tertiary alicyclic amines) is 1. The van der Waals surface area contributed by atoms with Gasteiger partial charge in [0.2, 0.25) is 0 Å². The summed E-state index contributed by atoms with van der Waals surface area (Å²) in [7, 11) is 0. The van der Waals surface area contributed by atoms with E-state index in [2.05, 4.69) is 54.2 Å². The van der Waals surface area contributed by atoms with Crippen molar-refractivity contribution in [2.45, 2.75) is 53.5 Å². The third-order valence-electron chi connectivity index (χ3n) is 7.09. The number of esters is 1. The molecule has 0 spiro atoms. The van der Waals surface area contributed by atoms with Crippen LogP contribution in [0.5, 0.6) is 0 Å². The number of carbonyl (C=O) groups excluding carboxylic acids is 1. The molecule has 0 aliphatic carbocycles. The molecule has 0 N–H and O–H groups in total. The van der Waals surface area contributed by atoms with Gasteiger partial charge in [-0.25, -0.2) is 0 Å². The first-order chi connectivity index (χ1) is 17.8. The quantitative estimate of drug-likeness (QED) is 0.350. The zero-order valence-corrected chi connectivity index (χ0v) is 23.1. The molecule has 4 rings (SSSR count). The van der Waals surface area contributed by atoms with Crippen molar-refractivity contribution in [1.82, 2.24) is 4.90 Å². The van der Waals surface area contributed by atoms with E-state index in [1.807, 2.05) is 44.2 Å². The Morgan fingerprint density at radius 2 is 1.84 bits per heavy atom. The maximum Gasteiger partial charge on any atom is 0.311 e. The lowest BCUT2D eigenvalue weighted by molar-refractivity contribution is -0.157. The van der Waals surface area contributed by atoms with Crippen LogP contribution < -0.4 is 0 Å². The fraction of sp³-hybridized carbons (Fsp3) is 0.419. The maximum atomic E-state index is 12.3. The van der Waals surface area contributed by atoms with Gasteiger partial charge in [0.15, 0.2) is 5.76 Å². The molecule has 2 aliphatic rings. The Morgan fingerprint density at radius 1 is 1.14 bits per heavy atom. The lowest BCUT2D eigenvalue weighted by atomic mass is 9.80. The average molecular weight is 521 g/mol. The van der Waals surface area contributed by atoms with E-state index in [1.54, 1.807) is 0 Å². The minimum absolute atomic E-state index is 0.0673. The fourth-order valence-electron chi connectivity index (χ4n) is 4.74. The molecule has 5 nitrogen and oxygen atoms in total. The molecule has 2 aromatic carbocycles. The predicted octanol–water partition coefficient (Wildman–Crippen LogP) is 7.04. The van der Waals surface area contributed by atoms with E-state index in [9.17, 15) is 4.79 Å². The third kappa shape index (κ3) is 6.91. The van der Waals surface area contributed by atoms with E-state index >= 15 is 0 Å². The summed E-state index contributed by atoms with van der Waals surface area (Å²) >= 11 is 6.52. The van der Waals surface area contributed by atoms with Crippen LogP contribution in [-0.4, -0.2) is 36.3 Å². The van der Waals surface area contributed by atoms with E-state index in [1.165, 1.54) is 5.56 Å². The number of nitrogens with zero attached hydrogens (tertiary/aromatic N) is 2. The van der Waals surface area contributed by atoms with Crippen LogP contribution >= 0.6 is 11.6 Å². The smallest absolute Gasteiger partial charge is 0.311 e. The summed E-state index contributed by atoms with van der Waals surface area (Å²) < 4.78 is 5.28. The van der Waals surface area contributed by atoms with Gasteiger partial charge in [-0.2, -0.15) is 0 Å². The van der Waals surface area contributed by atoms with Crippen molar-refractivity contribution in [3.8, 4) is 0 Å². The van der Waals surface area contributed by atoms with Crippen molar-refractivity contribution < 1.29 is 14.4 Å². The molecule has 0 atom stereocenters. The molecule has 0 bridgehead atoms. The van der Waals surface area contributed by atoms with Gasteiger partial charge in [0.1, 0.15) is 5.71 Å². The van der Waals surface area contributed by atoms with E-state index in [0.29, 0.717) is 18.3 Å². The molecule has 196 valence electrons. The van der Waals surface area contributed by atoms with Gasteiger partial charge in [-0.1, -0.05) is 73.1 Å². The van der Waals surface area contributed by atoms with E-state index < -0.39 is 0 Å². The number of hydrogen-bond acceptors (Lipinski definition) is 5. The summed E-state index contributed by atoms with van der Waals surface area (Å²) in [4.78, 5) is 20.5. The predicted molar refractivity (Wildman–Crippen MR) is 150 cm³/mol. The van der Waals surface area contributed by atoms with Gasteiger partial charge in [-0.15, -0.1) is 0 Å². The van der Waals surface area contributed by atoms with Crippen molar-refractivity contribution in [3.05, 3.63) is 88.0 Å². The van der Waals surface area contributed by atoms with Crippen LogP contribution in [0.3, 0.4) is 0 Å². The van der Waals surface area contributed by atoms with Crippen molar-refractivity contribution in [2.75, 3.05) is 19.7 Å². The number of rotatable bonds is 8. The molecule has 0 amide bonds. The van der Waals surface area contributed by atoms with E-state index in [0.717, 1.165) is 66.3 Å². The minimum Gasteiger partial charge on any atom is -0.466 e. The van der Waals surface area contributed by atoms with Gasteiger partial charge in [-0.3, -0.25) is 9.69 Å². The number of allylic oxidation sites excluding steroid dienone is 3. The Balaban J connectivity index is 1.35. The van der Waals surface area contributed by atoms with Crippen molar-refractivity contribution in [1.29, 1.82) is 0 Å². The maximum absolute atomic E-state index is 12.3. The molecule has 2 heterocycles. The van der Waals surface area contributed by atoms with E-state index in [4.69, 9.17) is 21.2 Å². The van der Waals surface area contributed by atoms with Crippen LogP contribution in [0, 0.1) is 11.3 Å². The summed E-state index contributed by atoms with van der Waals surface area (Å²) in [6.45, 7) is 11.3. The van der Waals surface area contributed by atoms with Gasteiger partial charge in [0.25, 0.3) is 0 Å². The Labute approximate surface area is 225 Å². The first-order valence-electron chi connectivity index (χ1n) is 13.2. The Morgan fingerprint density at radius 3 is 2.49 bits per heavy atom. The lowest BCUT2D eigenvalue weighted by Gasteiger charge is -2.37. The SMILES string of the molecule is CCOC(=O)C1(C)CCN(Cc2ccc(C3=NOC(c4ccc(CC(C)C)c(Cl)c4)=CC=C3)cc2)CC1. The second kappa shape index (κ2) is 12.1. The van der Waals surface area contributed by atoms with Crippen LogP contribution in [0.25, 0.3) is 5.76 Å². The lowest BCUT2D eigenvalue weighted by Crippen LogP contribution is -2.43. The molecule has 1 saturated heterocycles. The van der Waals surface area contributed by atoms with Crippen LogP contribution in [0.1, 0.15) is 62.8 Å². The van der Waals surface area contributed by atoms with Gasteiger partial charge in [0, 0.05) is 22.7 Å². The Kier molecular flexibility index (Phi) is 8.88. The molecule has 0 saturated carbocycles. The fourth-order valence-corrected chi connectivity index (χ4v) is 5.00. The summed E-state index contributed by atoms with van der Waals surface area (Å²) in [6.07, 6.45) is 8.42. The normalized spacial score (nSPS) is 17.6. The number of hydrogen-bond donors (Lipinski definition) is 0. The second-order valence-electron chi connectivity index (χ2n) is 10.6. The number of piperidine rings is 1. The highest BCUT2D eigenvalue weighted by Crippen LogP contribution is 2.33. The first kappa shape index (κ1) is 27.2. The molecule has 6 heteroatoms. The summed E-state index contributed by atoms with van der Waals surface area (Å²) in [6, 6.07) is 14.5. The standard InChI is InChI=1S/C31H37ClN2O3/c1-5-36-30(35)31(4)15-17-34(18-16-31)21-23-9-11-24(12-10-23)28-7-6-8-29(37-33-28)26-14-13-25(19-22(2)3)27(32)20-26/h6-14,20,22H,5,15-19,21H2,1-4H3. The second-order valence-corrected chi connectivity index (χ2v) is 11.0. The zero-order valence-electron chi connectivity index (χ0n) is 22.3. The molecule has 2 aromatic rings. The Hall–Kier alpha value is -2.89. The van der Waals surface area contributed by atoms with E-state index in [-0.39, 0.29) is 11.4 Å².